The van der Waals surface area contributed by atoms with Gasteiger partial charge in [-0.1, -0.05) is 53.5 Å². The zero-order valence-corrected chi connectivity index (χ0v) is 17.4. The molecule has 1 N–H and O–H groups in total. The van der Waals surface area contributed by atoms with Crippen LogP contribution in [0.15, 0.2) is 48.5 Å². The highest BCUT2D eigenvalue weighted by molar-refractivity contribution is 6.39. The fourth-order valence-corrected chi connectivity index (χ4v) is 3.51. The number of carbonyl (C=O) groups excluding carboxylic acids is 2. The number of esters is 1. The lowest BCUT2D eigenvalue weighted by atomic mass is 10.1. The van der Waals surface area contributed by atoms with E-state index in [1.807, 2.05) is 30.3 Å². The van der Waals surface area contributed by atoms with Gasteiger partial charge in [0.15, 0.2) is 5.69 Å². The predicted octanol–water partition coefficient (Wildman–Crippen LogP) is 4.08. The lowest BCUT2D eigenvalue weighted by Crippen LogP contribution is -2.35. The third-order valence-corrected chi connectivity index (χ3v) is 4.81. The number of methoxy groups -OCH3 is 1. The molecule has 1 aromatic heterocycles. The van der Waals surface area contributed by atoms with E-state index >= 15 is 0 Å². The van der Waals surface area contributed by atoms with Crippen molar-refractivity contribution in [3.05, 3.63) is 69.8 Å². The first-order valence-corrected chi connectivity index (χ1v) is 9.54. The number of nitrogens with zero attached hydrogens (tertiary/aromatic N) is 2. The van der Waals surface area contributed by atoms with Crippen LogP contribution in [0.5, 0.6) is 0 Å². The van der Waals surface area contributed by atoms with E-state index in [4.69, 9.17) is 27.9 Å². The first kappa shape index (κ1) is 20.9. The second-order valence-electron chi connectivity index (χ2n) is 6.43. The van der Waals surface area contributed by atoms with Crippen molar-refractivity contribution in [3.8, 4) is 0 Å². The summed E-state index contributed by atoms with van der Waals surface area (Å²) in [5.41, 5.74) is 1.10. The highest BCUT2D eigenvalue weighted by Gasteiger charge is 2.19. The van der Waals surface area contributed by atoms with Crippen LogP contribution >= 0.6 is 23.2 Å². The van der Waals surface area contributed by atoms with E-state index in [1.165, 1.54) is 7.11 Å². The van der Waals surface area contributed by atoms with Crippen LogP contribution in [0.1, 0.15) is 16.1 Å². The van der Waals surface area contributed by atoms with Gasteiger partial charge in [-0.05, 0) is 29.1 Å². The highest BCUT2D eigenvalue weighted by atomic mass is 35.5. The number of likely N-dealkylation sites (N-methyl/N-ethyl adjacent to an activating group) is 1. The quantitative estimate of drug-likeness (QED) is 0.595. The van der Waals surface area contributed by atoms with Gasteiger partial charge in [-0.3, -0.25) is 4.79 Å². The number of hydrogen-bond donors (Lipinski definition) is 1. The topological polar surface area (TPSA) is 71.5 Å². The van der Waals surface area contributed by atoms with Gasteiger partial charge in [-0.2, -0.15) is 0 Å². The van der Waals surface area contributed by atoms with Gasteiger partial charge in [-0.25, -0.2) is 9.78 Å². The normalized spacial score (nSPS) is 10.6. The summed E-state index contributed by atoms with van der Waals surface area (Å²) in [5.74, 6) is -0.398. The van der Waals surface area contributed by atoms with E-state index in [9.17, 15) is 9.59 Å². The summed E-state index contributed by atoms with van der Waals surface area (Å²) in [6.45, 7) is 0.443. The number of ether oxygens (including phenoxy) is 1. The first-order valence-electron chi connectivity index (χ1n) is 8.79. The molecule has 150 valence electrons. The standard InChI is InChI=1S/C21H19Cl2N3O3/c1-26(12-18(27)24-11-13-6-4-3-5-7-13)20-19-14(8-15(22)10-16(19)23)9-17(25-20)21(28)29-2/h3-10H,11-12H2,1-2H3,(H,24,27). The van der Waals surface area contributed by atoms with Crippen molar-refractivity contribution in [1.82, 2.24) is 10.3 Å². The summed E-state index contributed by atoms with van der Waals surface area (Å²) < 4.78 is 4.78. The van der Waals surface area contributed by atoms with E-state index < -0.39 is 5.97 Å². The second kappa shape index (κ2) is 9.11. The van der Waals surface area contributed by atoms with E-state index in [-0.39, 0.29) is 18.1 Å². The van der Waals surface area contributed by atoms with Crippen molar-refractivity contribution in [3.63, 3.8) is 0 Å². The summed E-state index contributed by atoms with van der Waals surface area (Å²) in [5, 5.41) is 4.90. The lowest BCUT2D eigenvalue weighted by Gasteiger charge is -2.21. The summed E-state index contributed by atoms with van der Waals surface area (Å²) in [6.07, 6.45) is 0. The molecule has 3 rings (SSSR count). The molecule has 0 saturated carbocycles. The van der Waals surface area contributed by atoms with Crippen LogP contribution in [0.2, 0.25) is 10.0 Å². The molecule has 0 fully saturated rings. The molecule has 0 spiro atoms. The minimum Gasteiger partial charge on any atom is -0.464 e. The Balaban J connectivity index is 1.88. The van der Waals surface area contributed by atoms with Crippen molar-refractivity contribution in [2.45, 2.75) is 6.54 Å². The fraction of sp³-hybridized carbons (Fsp3) is 0.190. The van der Waals surface area contributed by atoms with Crippen LogP contribution in [0.3, 0.4) is 0 Å². The van der Waals surface area contributed by atoms with Crippen molar-refractivity contribution < 1.29 is 14.3 Å². The number of fused-ring (bicyclic) bond motifs is 1. The molecule has 6 nitrogen and oxygen atoms in total. The number of aromatic nitrogens is 1. The van der Waals surface area contributed by atoms with Crippen LogP contribution in [0, 0.1) is 0 Å². The summed E-state index contributed by atoms with van der Waals surface area (Å²) >= 11 is 12.5. The third-order valence-electron chi connectivity index (χ3n) is 4.30. The number of halogens is 2. The maximum absolute atomic E-state index is 12.4. The van der Waals surface area contributed by atoms with E-state index in [2.05, 4.69) is 10.3 Å². The number of nitrogens with one attached hydrogen (secondary N) is 1. The van der Waals surface area contributed by atoms with Crippen molar-refractivity contribution in [1.29, 1.82) is 0 Å². The largest absolute Gasteiger partial charge is 0.464 e. The molecule has 3 aromatic rings. The van der Waals surface area contributed by atoms with Gasteiger partial charge in [-0.15, -0.1) is 0 Å². The van der Waals surface area contributed by atoms with Gasteiger partial charge in [0, 0.05) is 24.0 Å². The number of amides is 1. The zero-order valence-electron chi connectivity index (χ0n) is 15.9. The van der Waals surface area contributed by atoms with E-state index in [0.29, 0.717) is 33.2 Å². The number of benzene rings is 2. The Morgan fingerprint density at radius 1 is 1.14 bits per heavy atom. The average Bonchev–Trinajstić information content (AvgIpc) is 2.71. The Morgan fingerprint density at radius 2 is 1.86 bits per heavy atom. The van der Waals surface area contributed by atoms with Crippen LogP contribution in [0.4, 0.5) is 5.82 Å². The zero-order chi connectivity index (χ0) is 21.0. The fourth-order valence-electron chi connectivity index (χ4n) is 2.92. The molecule has 8 heteroatoms. The smallest absolute Gasteiger partial charge is 0.356 e. The minimum atomic E-state index is -0.592. The second-order valence-corrected chi connectivity index (χ2v) is 7.27. The molecule has 0 atom stereocenters. The Labute approximate surface area is 178 Å². The van der Waals surface area contributed by atoms with Crippen molar-refractivity contribution >= 4 is 51.7 Å². The molecule has 0 aliphatic rings. The Bertz CT molecular complexity index is 1060. The van der Waals surface area contributed by atoms with Gasteiger partial charge in [0.2, 0.25) is 5.91 Å². The van der Waals surface area contributed by atoms with E-state index in [1.54, 1.807) is 30.1 Å². The summed E-state index contributed by atoms with van der Waals surface area (Å²) in [6, 6.07) is 14.4. The van der Waals surface area contributed by atoms with Gasteiger partial charge in [0.1, 0.15) is 5.82 Å². The molecule has 29 heavy (non-hydrogen) atoms. The monoisotopic (exact) mass is 431 g/mol. The Morgan fingerprint density at radius 3 is 2.55 bits per heavy atom. The number of hydrogen-bond acceptors (Lipinski definition) is 5. The van der Waals surface area contributed by atoms with Crippen LogP contribution in [-0.2, 0) is 16.1 Å². The number of anilines is 1. The molecular weight excluding hydrogens is 413 g/mol. The lowest BCUT2D eigenvalue weighted by molar-refractivity contribution is -0.119. The molecule has 0 aliphatic heterocycles. The van der Waals surface area contributed by atoms with Gasteiger partial charge < -0.3 is 15.0 Å². The van der Waals surface area contributed by atoms with Gasteiger partial charge in [0.05, 0.1) is 18.7 Å². The molecule has 0 bridgehead atoms. The van der Waals surface area contributed by atoms with Crippen LogP contribution in [0.25, 0.3) is 10.8 Å². The molecule has 1 amide bonds. The first-order chi connectivity index (χ1) is 13.9. The summed E-state index contributed by atoms with van der Waals surface area (Å²) in [7, 11) is 2.98. The summed E-state index contributed by atoms with van der Waals surface area (Å²) in [4.78, 5) is 30.5. The predicted molar refractivity (Wildman–Crippen MR) is 115 cm³/mol. The van der Waals surface area contributed by atoms with Gasteiger partial charge in [0.25, 0.3) is 0 Å². The number of rotatable bonds is 6. The highest BCUT2D eigenvalue weighted by Crippen LogP contribution is 2.34. The Hall–Kier alpha value is -2.83. The number of carbonyl (C=O) groups is 2. The third kappa shape index (κ3) is 4.96. The molecule has 0 saturated heterocycles. The minimum absolute atomic E-state index is 0.0263. The molecule has 2 aromatic carbocycles. The molecule has 0 radical (unpaired) electrons. The molecule has 1 heterocycles. The average molecular weight is 432 g/mol. The number of pyridine rings is 1. The molecule has 0 aliphatic carbocycles. The van der Waals surface area contributed by atoms with Gasteiger partial charge >= 0.3 is 5.97 Å². The molecule has 0 unspecified atom stereocenters. The van der Waals surface area contributed by atoms with E-state index in [0.717, 1.165) is 5.56 Å². The maximum atomic E-state index is 12.4. The van der Waals surface area contributed by atoms with Crippen LogP contribution < -0.4 is 10.2 Å². The maximum Gasteiger partial charge on any atom is 0.356 e. The van der Waals surface area contributed by atoms with Crippen LogP contribution in [-0.4, -0.2) is 37.6 Å². The van der Waals surface area contributed by atoms with Crippen molar-refractivity contribution in [2.24, 2.45) is 0 Å². The SMILES string of the molecule is COC(=O)c1cc2cc(Cl)cc(Cl)c2c(N(C)CC(=O)NCc2ccccc2)n1. The van der Waals surface area contributed by atoms with Crippen molar-refractivity contribution in [2.75, 3.05) is 25.6 Å². The molecular formula is C21H19Cl2N3O3. The Kier molecular flexibility index (Phi) is 6.56.